The summed E-state index contributed by atoms with van der Waals surface area (Å²) in [5.41, 5.74) is 5.58. The van der Waals surface area contributed by atoms with Crippen LogP contribution in [0.5, 0.6) is 0 Å². The van der Waals surface area contributed by atoms with Gasteiger partial charge in [0.25, 0.3) is 5.56 Å². The molecule has 34 heavy (non-hydrogen) atoms. The molecule has 3 heteroatoms. The van der Waals surface area contributed by atoms with Gasteiger partial charge in [-0.05, 0) is 48.6 Å². The second-order valence-electron chi connectivity index (χ2n) is 10.5. The molecular weight excluding hydrogens is 416 g/mol. The van der Waals surface area contributed by atoms with Gasteiger partial charge in [0.15, 0.2) is 0 Å². The number of H-pyrrole nitrogens is 1. The minimum atomic E-state index is -0.149. The lowest BCUT2D eigenvalue weighted by molar-refractivity contribution is 0.213. The highest BCUT2D eigenvalue weighted by Gasteiger charge is 2.44. The van der Waals surface area contributed by atoms with Crippen LogP contribution in [0.3, 0.4) is 0 Å². The number of nitrogens with one attached hydrogen (secondary N) is 1. The molecule has 0 saturated heterocycles. The van der Waals surface area contributed by atoms with Crippen molar-refractivity contribution in [3.63, 3.8) is 0 Å². The summed E-state index contributed by atoms with van der Waals surface area (Å²) >= 11 is 0. The largest absolute Gasteiger partial charge is 0.310 e. The number of allylic oxidation sites excluding steroid dienone is 2. The predicted octanol–water partition coefficient (Wildman–Crippen LogP) is 7.12. The average molecular weight is 453 g/mol. The topological polar surface area (TPSA) is 45.8 Å². The molecule has 2 aromatic carbocycles. The number of rotatable bonds is 6. The van der Waals surface area contributed by atoms with Crippen molar-refractivity contribution in [1.29, 1.82) is 0 Å². The van der Waals surface area contributed by atoms with E-state index in [-0.39, 0.29) is 11.0 Å². The molecular formula is C31H36N2O. The number of benzene rings is 2. The van der Waals surface area contributed by atoms with Crippen molar-refractivity contribution in [3.8, 4) is 11.3 Å². The summed E-state index contributed by atoms with van der Waals surface area (Å²) in [5.74, 6) is 1.77. The Morgan fingerprint density at radius 2 is 1.76 bits per heavy atom. The Morgan fingerprint density at radius 1 is 1.03 bits per heavy atom. The summed E-state index contributed by atoms with van der Waals surface area (Å²) in [4.78, 5) is 21.8. The van der Waals surface area contributed by atoms with Gasteiger partial charge in [0.1, 0.15) is 5.82 Å². The van der Waals surface area contributed by atoms with Crippen molar-refractivity contribution in [2.75, 3.05) is 0 Å². The van der Waals surface area contributed by atoms with Crippen molar-refractivity contribution < 1.29 is 0 Å². The molecule has 2 unspecified atom stereocenters. The van der Waals surface area contributed by atoms with E-state index in [1.807, 2.05) is 0 Å². The van der Waals surface area contributed by atoms with Crippen LogP contribution in [0.2, 0.25) is 0 Å². The third-order valence-corrected chi connectivity index (χ3v) is 8.21. The van der Waals surface area contributed by atoms with Crippen molar-refractivity contribution in [2.45, 2.75) is 76.5 Å². The van der Waals surface area contributed by atoms with E-state index in [4.69, 9.17) is 4.98 Å². The maximum Gasteiger partial charge on any atom is 0.255 e. The number of nitrogens with zero attached hydrogens (tertiary/aromatic N) is 1. The summed E-state index contributed by atoms with van der Waals surface area (Å²) in [6.07, 6.45) is 13.2. The van der Waals surface area contributed by atoms with Gasteiger partial charge in [-0.1, -0.05) is 99.9 Å². The average Bonchev–Trinajstić information content (AvgIpc) is 2.87. The molecule has 0 amide bonds. The Balaban J connectivity index is 1.43. The maximum absolute atomic E-state index is 13.6. The van der Waals surface area contributed by atoms with Crippen molar-refractivity contribution in [3.05, 3.63) is 99.6 Å². The Hall–Kier alpha value is -2.94. The third-order valence-electron chi connectivity index (χ3n) is 8.21. The summed E-state index contributed by atoms with van der Waals surface area (Å²) in [6.45, 7) is 4.57. The van der Waals surface area contributed by atoms with Crippen LogP contribution in [0.15, 0.2) is 71.5 Å². The smallest absolute Gasteiger partial charge is 0.255 e. The quantitative estimate of drug-likeness (QED) is 0.405. The van der Waals surface area contributed by atoms with Crippen LogP contribution in [0.25, 0.3) is 11.3 Å². The lowest BCUT2D eigenvalue weighted by Crippen LogP contribution is -2.43. The van der Waals surface area contributed by atoms with E-state index in [9.17, 15) is 4.79 Å². The van der Waals surface area contributed by atoms with Gasteiger partial charge in [-0.25, -0.2) is 4.98 Å². The van der Waals surface area contributed by atoms with Crippen LogP contribution < -0.4 is 5.56 Å². The van der Waals surface area contributed by atoms with Crippen LogP contribution in [-0.2, 0) is 18.3 Å². The molecule has 1 heterocycles. The molecule has 0 spiro atoms. The molecule has 2 aliphatic carbocycles. The van der Waals surface area contributed by atoms with Crippen LogP contribution in [0, 0.1) is 5.92 Å². The fourth-order valence-corrected chi connectivity index (χ4v) is 6.23. The van der Waals surface area contributed by atoms with Crippen LogP contribution in [0.4, 0.5) is 0 Å². The maximum atomic E-state index is 13.6. The van der Waals surface area contributed by atoms with Crippen LogP contribution in [-0.4, -0.2) is 9.97 Å². The molecule has 1 aromatic heterocycles. The molecule has 0 aliphatic heterocycles. The first-order chi connectivity index (χ1) is 16.6. The number of fused-ring (bicyclic) bond motifs is 3. The molecule has 5 rings (SSSR count). The summed E-state index contributed by atoms with van der Waals surface area (Å²) in [6, 6.07) is 19.2. The summed E-state index contributed by atoms with van der Waals surface area (Å²) < 4.78 is 0. The standard InChI is InChI=1S/C31H36N2O/c1-22(23-14-5-3-6-15-23)13-9-12-20-27-32-29-26-19-11-10-16-24(26)21-31(2,28(29)30(34)33-27)25-17-7-4-8-18-25/h3,5-6,9-12,14-16,19,22,25H,4,7-8,13,17-18,20-21H2,1-2H3,(H,32,33,34)/b12-9-. The SMILES string of the molecule is CC(C/C=C\Cc1nc2c(c(=O)[nH]1)C(C)(C1CCCCC1)Cc1ccccc1-2)c1ccccc1. The fourth-order valence-electron chi connectivity index (χ4n) is 6.23. The van der Waals surface area contributed by atoms with E-state index in [0.29, 0.717) is 18.3 Å². The van der Waals surface area contributed by atoms with Gasteiger partial charge in [0.05, 0.1) is 11.3 Å². The zero-order valence-corrected chi connectivity index (χ0v) is 20.5. The first-order valence-corrected chi connectivity index (χ1v) is 13.0. The van der Waals surface area contributed by atoms with Crippen molar-refractivity contribution in [2.24, 2.45) is 5.92 Å². The zero-order chi connectivity index (χ0) is 23.5. The van der Waals surface area contributed by atoms with Gasteiger partial charge < -0.3 is 4.98 Å². The zero-order valence-electron chi connectivity index (χ0n) is 20.5. The van der Waals surface area contributed by atoms with Gasteiger partial charge >= 0.3 is 0 Å². The summed E-state index contributed by atoms with van der Waals surface area (Å²) in [5, 5.41) is 0. The van der Waals surface area contributed by atoms with Gasteiger partial charge in [-0.2, -0.15) is 0 Å². The van der Waals surface area contributed by atoms with Gasteiger partial charge in [-0.15, -0.1) is 0 Å². The second kappa shape index (κ2) is 9.74. The highest BCUT2D eigenvalue weighted by molar-refractivity contribution is 5.71. The molecule has 0 radical (unpaired) electrons. The first kappa shape index (κ1) is 22.8. The van der Waals surface area contributed by atoms with Crippen LogP contribution in [0.1, 0.15) is 80.8 Å². The predicted molar refractivity (Wildman–Crippen MR) is 140 cm³/mol. The van der Waals surface area contributed by atoms with E-state index >= 15 is 0 Å². The lowest BCUT2D eigenvalue weighted by atomic mass is 9.60. The Labute approximate surface area is 203 Å². The molecule has 0 bridgehead atoms. The second-order valence-corrected chi connectivity index (χ2v) is 10.5. The minimum absolute atomic E-state index is 0.0635. The molecule has 2 atom stereocenters. The molecule has 3 nitrogen and oxygen atoms in total. The Bertz CT molecular complexity index is 1220. The number of aromatic nitrogens is 2. The monoisotopic (exact) mass is 452 g/mol. The molecule has 1 fully saturated rings. The summed E-state index contributed by atoms with van der Waals surface area (Å²) in [7, 11) is 0. The highest BCUT2D eigenvalue weighted by Crippen LogP contribution is 2.48. The molecule has 176 valence electrons. The van der Waals surface area contributed by atoms with E-state index in [1.54, 1.807) is 0 Å². The van der Waals surface area contributed by atoms with E-state index in [2.05, 4.69) is 85.6 Å². The van der Waals surface area contributed by atoms with E-state index in [1.165, 1.54) is 43.2 Å². The number of aromatic amines is 1. The molecule has 1 N–H and O–H groups in total. The van der Waals surface area contributed by atoms with Crippen molar-refractivity contribution >= 4 is 0 Å². The lowest BCUT2D eigenvalue weighted by Gasteiger charge is -2.43. The fraction of sp³-hybridized carbons (Fsp3) is 0.419. The van der Waals surface area contributed by atoms with Gasteiger partial charge in [-0.3, -0.25) is 4.79 Å². The van der Waals surface area contributed by atoms with Gasteiger partial charge in [0, 0.05) is 17.4 Å². The number of hydrogen-bond acceptors (Lipinski definition) is 2. The van der Waals surface area contributed by atoms with Crippen molar-refractivity contribution in [1.82, 2.24) is 9.97 Å². The first-order valence-electron chi connectivity index (χ1n) is 13.0. The normalized spacial score (nSPS) is 21.2. The Kier molecular flexibility index (Phi) is 6.54. The minimum Gasteiger partial charge on any atom is -0.310 e. The van der Waals surface area contributed by atoms with E-state index in [0.717, 1.165) is 35.5 Å². The Morgan fingerprint density at radius 3 is 2.56 bits per heavy atom. The molecule has 3 aromatic rings. The molecule has 1 saturated carbocycles. The highest BCUT2D eigenvalue weighted by atomic mass is 16.1. The van der Waals surface area contributed by atoms with E-state index < -0.39 is 0 Å². The number of hydrogen-bond donors (Lipinski definition) is 1. The molecule has 2 aliphatic rings. The van der Waals surface area contributed by atoms with Gasteiger partial charge in [0.2, 0.25) is 0 Å². The van der Waals surface area contributed by atoms with Crippen LogP contribution >= 0.6 is 0 Å². The third kappa shape index (κ3) is 4.41.